The van der Waals surface area contributed by atoms with Gasteiger partial charge in [-0.15, -0.1) is 0 Å². The third kappa shape index (κ3) is 5.64. The lowest BCUT2D eigenvalue weighted by atomic mass is 9.80. The number of ether oxygens (including phenoxy) is 4. The molecule has 3 atom stereocenters. The molecule has 170 valence electrons. The van der Waals surface area contributed by atoms with Crippen molar-refractivity contribution in [3.63, 3.8) is 0 Å². The maximum atomic E-state index is 13.1. The van der Waals surface area contributed by atoms with Gasteiger partial charge in [-0.25, -0.2) is 4.79 Å². The molecule has 0 unspecified atom stereocenters. The van der Waals surface area contributed by atoms with Crippen LogP contribution in [0, 0.1) is 5.92 Å². The van der Waals surface area contributed by atoms with Crippen LogP contribution in [0.1, 0.15) is 41.6 Å². The highest BCUT2D eigenvalue weighted by Crippen LogP contribution is 2.39. The summed E-state index contributed by atoms with van der Waals surface area (Å²) < 4.78 is 22.0. The molecule has 2 aliphatic heterocycles. The van der Waals surface area contributed by atoms with Crippen LogP contribution in [-0.2, 0) is 23.7 Å². The first-order valence-electron chi connectivity index (χ1n) is 10.7. The largest absolute Gasteiger partial charge is 0.465 e. The zero-order chi connectivity index (χ0) is 22.2. The molecule has 31 heavy (non-hydrogen) atoms. The zero-order valence-corrected chi connectivity index (χ0v) is 18.1. The zero-order valence-electron chi connectivity index (χ0n) is 18.1. The molecule has 8 nitrogen and oxygen atoms in total. The number of amides is 1. The van der Waals surface area contributed by atoms with Gasteiger partial charge in [0.25, 0.3) is 5.91 Å². The summed E-state index contributed by atoms with van der Waals surface area (Å²) in [6, 6.07) is 7.16. The van der Waals surface area contributed by atoms with Gasteiger partial charge in [0.05, 0.1) is 25.9 Å². The summed E-state index contributed by atoms with van der Waals surface area (Å²) in [4.78, 5) is 26.6. The molecule has 1 amide bonds. The standard InChI is InChI=1S/C23H31NO7/c1-3-30-23-18(5-4-12-25)19(16-6-8-17(9-7-16)22(27)28-2)15-20(31-23)21(26)24-10-13-29-14-11-24/h6-9,15,18-19,23,25H,3-5,10-14H2,1-2H3/t18-,19-,23-/m0/s1. The summed E-state index contributed by atoms with van der Waals surface area (Å²) in [6.45, 7) is 4.43. The minimum atomic E-state index is -0.605. The minimum Gasteiger partial charge on any atom is -0.465 e. The van der Waals surface area contributed by atoms with E-state index in [1.807, 2.05) is 25.1 Å². The maximum absolute atomic E-state index is 13.1. The molecule has 0 radical (unpaired) electrons. The highest BCUT2D eigenvalue weighted by Gasteiger charge is 2.39. The van der Waals surface area contributed by atoms with E-state index in [0.717, 1.165) is 5.56 Å². The van der Waals surface area contributed by atoms with Crippen LogP contribution in [0.4, 0.5) is 0 Å². The van der Waals surface area contributed by atoms with E-state index in [1.165, 1.54) is 7.11 Å². The van der Waals surface area contributed by atoms with Gasteiger partial charge in [0, 0.05) is 38.1 Å². The van der Waals surface area contributed by atoms with Crippen molar-refractivity contribution in [3.8, 4) is 0 Å². The Kier molecular flexibility index (Phi) is 8.45. The van der Waals surface area contributed by atoms with Gasteiger partial charge in [-0.05, 0) is 43.5 Å². The molecule has 3 rings (SSSR count). The van der Waals surface area contributed by atoms with Crippen LogP contribution < -0.4 is 0 Å². The van der Waals surface area contributed by atoms with Crippen molar-refractivity contribution in [1.82, 2.24) is 4.90 Å². The number of aliphatic hydroxyl groups is 1. The van der Waals surface area contributed by atoms with Crippen LogP contribution >= 0.6 is 0 Å². The van der Waals surface area contributed by atoms with Crippen molar-refractivity contribution in [2.24, 2.45) is 5.92 Å². The molecule has 0 spiro atoms. The molecule has 1 aromatic carbocycles. The molecule has 2 aliphatic rings. The number of allylic oxidation sites excluding steroid dienone is 1. The second-order valence-electron chi connectivity index (χ2n) is 7.55. The van der Waals surface area contributed by atoms with Gasteiger partial charge in [0.1, 0.15) is 0 Å². The normalized spacial score (nSPS) is 23.6. The first-order valence-corrected chi connectivity index (χ1v) is 10.7. The summed E-state index contributed by atoms with van der Waals surface area (Å²) in [6.07, 6.45) is 2.50. The molecule has 0 aliphatic carbocycles. The number of hydrogen-bond acceptors (Lipinski definition) is 7. The molecule has 0 aromatic heterocycles. The predicted octanol–water partition coefficient (Wildman–Crippen LogP) is 2.08. The number of hydrogen-bond donors (Lipinski definition) is 1. The molecule has 0 saturated carbocycles. The van der Waals surface area contributed by atoms with Crippen LogP contribution in [0.5, 0.6) is 0 Å². The second kappa shape index (κ2) is 11.3. The van der Waals surface area contributed by atoms with E-state index in [1.54, 1.807) is 17.0 Å². The van der Waals surface area contributed by atoms with Crippen molar-refractivity contribution in [1.29, 1.82) is 0 Å². The Morgan fingerprint density at radius 2 is 1.90 bits per heavy atom. The number of nitrogens with zero attached hydrogens (tertiary/aromatic N) is 1. The van der Waals surface area contributed by atoms with Crippen molar-refractivity contribution >= 4 is 11.9 Å². The van der Waals surface area contributed by atoms with Gasteiger partial charge < -0.3 is 29.0 Å². The van der Waals surface area contributed by atoms with Crippen LogP contribution in [0.25, 0.3) is 0 Å². The second-order valence-corrected chi connectivity index (χ2v) is 7.55. The van der Waals surface area contributed by atoms with E-state index < -0.39 is 12.3 Å². The molecular weight excluding hydrogens is 402 g/mol. The highest BCUT2D eigenvalue weighted by atomic mass is 16.7. The summed E-state index contributed by atoms with van der Waals surface area (Å²) >= 11 is 0. The van der Waals surface area contributed by atoms with Crippen molar-refractivity contribution in [2.45, 2.75) is 32.0 Å². The lowest BCUT2D eigenvalue weighted by molar-refractivity contribution is -0.171. The molecule has 1 saturated heterocycles. The number of esters is 1. The van der Waals surface area contributed by atoms with E-state index in [2.05, 4.69) is 0 Å². The van der Waals surface area contributed by atoms with Crippen LogP contribution in [0.3, 0.4) is 0 Å². The van der Waals surface area contributed by atoms with E-state index >= 15 is 0 Å². The molecule has 1 N–H and O–H groups in total. The molecule has 1 aromatic rings. The van der Waals surface area contributed by atoms with Crippen molar-refractivity contribution < 1.29 is 33.6 Å². The van der Waals surface area contributed by atoms with Crippen molar-refractivity contribution in [3.05, 3.63) is 47.2 Å². The van der Waals surface area contributed by atoms with Gasteiger partial charge in [-0.2, -0.15) is 0 Å². The Bertz CT molecular complexity index is 771. The monoisotopic (exact) mass is 433 g/mol. The average molecular weight is 434 g/mol. The van der Waals surface area contributed by atoms with Crippen molar-refractivity contribution in [2.75, 3.05) is 46.6 Å². The summed E-state index contributed by atoms with van der Waals surface area (Å²) in [5.41, 5.74) is 1.40. The average Bonchev–Trinajstić information content (AvgIpc) is 2.82. The lowest BCUT2D eigenvalue weighted by Crippen LogP contribution is -2.44. The summed E-state index contributed by atoms with van der Waals surface area (Å²) in [7, 11) is 1.35. The lowest BCUT2D eigenvalue weighted by Gasteiger charge is -2.38. The Hall–Kier alpha value is -2.42. The molecule has 1 fully saturated rings. The highest BCUT2D eigenvalue weighted by molar-refractivity contribution is 5.92. The van der Waals surface area contributed by atoms with E-state index in [-0.39, 0.29) is 30.1 Å². The molecule has 2 heterocycles. The van der Waals surface area contributed by atoms with Crippen LogP contribution in [-0.4, -0.2) is 74.8 Å². The van der Waals surface area contributed by atoms with E-state index in [4.69, 9.17) is 18.9 Å². The van der Waals surface area contributed by atoms with Gasteiger partial charge in [-0.1, -0.05) is 12.1 Å². The SMILES string of the molecule is CCO[C@H]1OC(C(=O)N2CCOCC2)=C[C@@H](c2ccc(C(=O)OC)cc2)[C@@H]1CCCO. The molecule has 8 heteroatoms. The Morgan fingerprint density at radius 3 is 2.52 bits per heavy atom. The number of rotatable bonds is 8. The fraction of sp³-hybridized carbons (Fsp3) is 0.565. The fourth-order valence-electron chi connectivity index (χ4n) is 4.02. The van der Waals surface area contributed by atoms with E-state index in [0.29, 0.717) is 51.3 Å². The molecule has 0 bridgehead atoms. The van der Waals surface area contributed by atoms with Crippen LogP contribution in [0.2, 0.25) is 0 Å². The third-order valence-corrected chi connectivity index (χ3v) is 5.64. The molecular formula is C23H31NO7. The number of methoxy groups -OCH3 is 1. The number of benzene rings is 1. The Morgan fingerprint density at radius 1 is 1.19 bits per heavy atom. The van der Waals surface area contributed by atoms with Gasteiger partial charge in [-0.3, -0.25) is 4.79 Å². The number of morpholine rings is 1. The van der Waals surface area contributed by atoms with Gasteiger partial charge in [0.2, 0.25) is 6.29 Å². The summed E-state index contributed by atoms with van der Waals surface area (Å²) in [5, 5.41) is 9.38. The van der Waals surface area contributed by atoms with Gasteiger partial charge in [0.15, 0.2) is 5.76 Å². The number of carbonyl (C=O) groups excluding carboxylic acids is 2. The number of carbonyl (C=O) groups is 2. The topological polar surface area (TPSA) is 94.5 Å². The summed E-state index contributed by atoms with van der Waals surface area (Å²) in [5.74, 6) is -0.561. The number of aliphatic hydroxyl groups excluding tert-OH is 1. The van der Waals surface area contributed by atoms with Gasteiger partial charge >= 0.3 is 5.97 Å². The quantitative estimate of drug-likeness (QED) is 0.627. The first kappa shape index (κ1) is 23.2. The first-order chi connectivity index (χ1) is 15.1. The third-order valence-electron chi connectivity index (χ3n) is 5.64. The smallest absolute Gasteiger partial charge is 0.337 e. The minimum absolute atomic E-state index is 0.0621. The Balaban J connectivity index is 1.93. The Labute approximate surface area is 182 Å². The fourth-order valence-corrected chi connectivity index (χ4v) is 4.02. The predicted molar refractivity (Wildman–Crippen MR) is 112 cm³/mol. The van der Waals surface area contributed by atoms with Crippen LogP contribution in [0.15, 0.2) is 36.1 Å². The maximum Gasteiger partial charge on any atom is 0.337 e. The van der Waals surface area contributed by atoms with E-state index in [9.17, 15) is 14.7 Å².